The lowest BCUT2D eigenvalue weighted by Gasteiger charge is -2.01. The molecule has 1 aliphatic heterocycles. The van der Waals surface area contributed by atoms with E-state index in [1.54, 1.807) is 6.26 Å². The van der Waals surface area contributed by atoms with Crippen molar-refractivity contribution in [3.63, 3.8) is 0 Å². The van der Waals surface area contributed by atoms with Crippen LogP contribution in [0, 0.1) is 0 Å². The molecule has 0 amide bonds. The van der Waals surface area contributed by atoms with Crippen LogP contribution in [0.4, 0.5) is 0 Å². The molecule has 24 heavy (non-hydrogen) atoms. The zero-order chi connectivity index (χ0) is 17.3. The third kappa shape index (κ3) is 13.6. The molecule has 1 aliphatic rings. The second kappa shape index (κ2) is 14.6. The summed E-state index contributed by atoms with van der Waals surface area (Å²) in [5.41, 5.74) is 0. The van der Waals surface area contributed by atoms with Gasteiger partial charge in [-0.25, -0.2) is 0 Å². The van der Waals surface area contributed by atoms with Crippen LogP contribution in [0.25, 0.3) is 0 Å². The highest BCUT2D eigenvalue weighted by atomic mass is 16.5. The smallest absolute Gasteiger partial charge is 0.305 e. The third-order valence-electron chi connectivity index (χ3n) is 3.69. The highest BCUT2D eigenvalue weighted by molar-refractivity contribution is 5.68. The predicted octanol–water partition coefficient (Wildman–Crippen LogP) is 5.77. The van der Waals surface area contributed by atoms with Crippen LogP contribution < -0.4 is 0 Å². The van der Waals surface area contributed by atoms with Crippen molar-refractivity contribution in [1.29, 1.82) is 0 Å². The fraction of sp³-hybridized carbons (Fsp3) is 0.476. The minimum absolute atomic E-state index is 0.0895. The van der Waals surface area contributed by atoms with Crippen molar-refractivity contribution < 1.29 is 14.3 Å². The average Bonchev–Trinajstić information content (AvgIpc) is 3.41. The lowest BCUT2D eigenvalue weighted by Crippen LogP contribution is -1.99. The van der Waals surface area contributed by atoms with Crippen LogP contribution in [-0.4, -0.2) is 13.1 Å². The van der Waals surface area contributed by atoms with Crippen LogP contribution in [-0.2, 0) is 14.3 Å². The van der Waals surface area contributed by atoms with Gasteiger partial charge in [-0.2, -0.15) is 0 Å². The summed E-state index contributed by atoms with van der Waals surface area (Å²) >= 11 is 0. The molecule has 0 aromatic heterocycles. The Labute approximate surface area is 146 Å². The van der Waals surface area contributed by atoms with E-state index in [1.165, 1.54) is 39.2 Å². The molecular weight excluding hydrogens is 300 g/mol. The number of rotatable bonds is 14. The van der Waals surface area contributed by atoms with Gasteiger partial charge in [0.15, 0.2) is 5.76 Å². The summed E-state index contributed by atoms with van der Waals surface area (Å²) in [6, 6.07) is 0. The second-order valence-electron chi connectivity index (χ2n) is 5.78. The predicted molar refractivity (Wildman–Crippen MR) is 99.3 cm³/mol. The number of methoxy groups -OCH3 is 1. The normalized spacial score (nSPS) is 14.0. The quantitative estimate of drug-likeness (QED) is 0.231. The van der Waals surface area contributed by atoms with Gasteiger partial charge in [0.1, 0.15) is 6.26 Å². The molecule has 132 valence electrons. The van der Waals surface area contributed by atoms with E-state index in [1.807, 2.05) is 30.4 Å². The number of esters is 1. The van der Waals surface area contributed by atoms with Gasteiger partial charge in [-0.3, -0.25) is 4.79 Å². The molecule has 3 heteroatoms. The summed E-state index contributed by atoms with van der Waals surface area (Å²) < 4.78 is 9.49. The van der Waals surface area contributed by atoms with E-state index < -0.39 is 0 Å². The summed E-state index contributed by atoms with van der Waals surface area (Å²) in [4.78, 5) is 10.9. The average molecular weight is 330 g/mol. The van der Waals surface area contributed by atoms with Gasteiger partial charge in [0.2, 0.25) is 0 Å². The molecule has 0 aromatic rings. The molecule has 1 rings (SSSR count). The first-order chi connectivity index (χ1) is 11.8. The molecule has 0 N–H and O–H groups in total. The summed E-state index contributed by atoms with van der Waals surface area (Å²) in [6.07, 6.45) is 28.1. The van der Waals surface area contributed by atoms with Gasteiger partial charge in [0.25, 0.3) is 0 Å². The van der Waals surface area contributed by atoms with E-state index in [0.717, 1.165) is 25.0 Å². The van der Waals surface area contributed by atoms with Crippen LogP contribution in [0.3, 0.4) is 0 Å². The zero-order valence-corrected chi connectivity index (χ0v) is 14.8. The summed E-state index contributed by atoms with van der Waals surface area (Å²) in [5, 5.41) is 0. The van der Waals surface area contributed by atoms with E-state index in [-0.39, 0.29) is 5.97 Å². The standard InChI is InChI=1S/C21H30O3/c1-23-21(22)18-16-14-12-10-8-6-4-2-3-5-7-9-11-13-15-17-20-19-24-20/h3,5,7,9,11,13,15,17,19H,2,4,6,8,10,12,14,16,18H2,1H3. The Balaban J connectivity index is 1.82. The first kappa shape index (κ1) is 20.0. The molecule has 0 radical (unpaired) electrons. The van der Waals surface area contributed by atoms with Crippen LogP contribution in [0.15, 0.2) is 60.6 Å². The first-order valence-electron chi connectivity index (χ1n) is 8.93. The fourth-order valence-corrected chi connectivity index (χ4v) is 2.21. The molecule has 0 saturated heterocycles. The molecular formula is C21H30O3. The van der Waals surface area contributed by atoms with Crippen molar-refractivity contribution in [3.8, 4) is 0 Å². The second-order valence-corrected chi connectivity index (χ2v) is 5.78. The SMILES string of the molecule is COC(=O)CCCCCCCCCC=CC=CC=CC=CC1=CO1. The van der Waals surface area contributed by atoms with E-state index in [0.29, 0.717) is 6.42 Å². The molecule has 0 unspecified atom stereocenters. The number of carbonyl (C=O) groups is 1. The van der Waals surface area contributed by atoms with E-state index in [4.69, 9.17) is 4.74 Å². The van der Waals surface area contributed by atoms with Gasteiger partial charge in [-0.1, -0.05) is 74.6 Å². The summed E-state index contributed by atoms with van der Waals surface area (Å²) in [5.74, 6) is 0.845. The molecule has 0 aliphatic carbocycles. The molecule has 0 saturated carbocycles. The van der Waals surface area contributed by atoms with Crippen molar-refractivity contribution in [2.75, 3.05) is 7.11 Å². The maximum atomic E-state index is 10.9. The monoisotopic (exact) mass is 330 g/mol. The molecule has 0 fully saturated rings. The number of ether oxygens (including phenoxy) is 2. The van der Waals surface area contributed by atoms with Gasteiger partial charge < -0.3 is 9.47 Å². The van der Waals surface area contributed by atoms with Crippen LogP contribution in [0.1, 0.15) is 57.8 Å². The van der Waals surface area contributed by atoms with Crippen LogP contribution in [0.2, 0.25) is 0 Å². The fourth-order valence-electron chi connectivity index (χ4n) is 2.21. The molecule has 0 atom stereocenters. The summed E-state index contributed by atoms with van der Waals surface area (Å²) in [6.45, 7) is 0. The molecule has 0 aromatic carbocycles. The Bertz CT molecular complexity index is 481. The Kier molecular flexibility index (Phi) is 12.1. The summed E-state index contributed by atoms with van der Waals surface area (Å²) in [7, 11) is 1.45. The number of carbonyl (C=O) groups excluding carboxylic acids is 1. The van der Waals surface area contributed by atoms with Crippen molar-refractivity contribution >= 4 is 5.97 Å². The minimum atomic E-state index is -0.0895. The third-order valence-corrected chi connectivity index (χ3v) is 3.69. The molecule has 0 bridgehead atoms. The highest BCUT2D eigenvalue weighted by Gasteiger charge is 2.01. The molecule has 3 nitrogen and oxygen atoms in total. The minimum Gasteiger partial charge on any atom is -0.469 e. The van der Waals surface area contributed by atoms with Crippen LogP contribution >= 0.6 is 0 Å². The lowest BCUT2D eigenvalue weighted by atomic mass is 10.1. The van der Waals surface area contributed by atoms with Crippen molar-refractivity contribution in [3.05, 3.63) is 60.6 Å². The van der Waals surface area contributed by atoms with Gasteiger partial charge in [-0.15, -0.1) is 0 Å². The number of allylic oxidation sites excluding steroid dienone is 8. The van der Waals surface area contributed by atoms with Crippen molar-refractivity contribution in [2.24, 2.45) is 0 Å². The lowest BCUT2D eigenvalue weighted by molar-refractivity contribution is -0.140. The molecule has 0 spiro atoms. The largest absolute Gasteiger partial charge is 0.469 e. The zero-order valence-electron chi connectivity index (χ0n) is 14.8. The van der Waals surface area contributed by atoms with E-state index in [2.05, 4.69) is 23.0 Å². The molecule has 1 heterocycles. The maximum absolute atomic E-state index is 10.9. The Morgan fingerprint density at radius 2 is 1.50 bits per heavy atom. The number of unbranched alkanes of at least 4 members (excludes halogenated alkanes) is 7. The Morgan fingerprint density at radius 1 is 0.917 bits per heavy atom. The van der Waals surface area contributed by atoms with Gasteiger partial charge in [0.05, 0.1) is 7.11 Å². The Hall–Kier alpha value is -2.03. The van der Waals surface area contributed by atoms with Gasteiger partial charge in [0, 0.05) is 6.42 Å². The number of hydrogen-bond donors (Lipinski definition) is 0. The van der Waals surface area contributed by atoms with Gasteiger partial charge in [-0.05, 0) is 25.3 Å². The topological polar surface area (TPSA) is 38.8 Å². The highest BCUT2D eigenvalue weighted by Crippen LogP contribution is 2.13. The number of hydrogen-bond acceptors (Lipinski definition) is 3. The van der Waals surface area contributed by atoms with Crippen molar-refractivity contribution in [2.45, 2.75) is 57.8 Å². The Morgan fingerprint density at radius 3 is 2.17 bits per heavy atom. The first-order valence-corrected chi connectivity index (χ1v) is 8.93. The van der Waals surface area contributed by atoms with Gasteiger partial charge >= 0.3 is 5.97 Å². The van der Waals surface area contributed by atoms with E-state index >= 15 is 0 Å². The van der Waals surface area contributed by atoms with Crippen LogP contribution in [0.5, 0.6) is 0 Å². The van der Waals surface area contributed by atoms with Crippen molar-refractivity contribution in [1.82, 2.24) is 0 Å². The maximum Gasteiger partial charge on any atom is 0.305 e. The van der Waals surface area contributed by atoms with E-state index in [9.17, 15) is 4.79 Å².